The molecule has 0 bridgehead atoms. The van der Waals surface area contributed by atoms with Crippen LogP contribution in [0.4, 0.5) is 5.00 Å². The first kappa shape index (κ1) is 20.3. The van der Waals surface area contributed by atoms with Gasteiger partial charge in [0.2, 0.25) is 0 Å². The summed E-state index contributed by atoms with van der Waals surface area (Å²) < 4.78 is 10.5. The molecule has 29 heavy (non-hydrogen) atoms. The van der Waals surface area contributed by atoms with Crippen LogP contribution >= 0.6 is 11.3 Å². The molecule has 2 N–H and O–H groups in total. The third-order valence-electron chi connectivity index (χ3n) is 4.21. The van der Waals surface area contributed by atoms with E-state index in [-0.39, 0.29) is 11.8 Å². The molecule has 3 aromatic rings. The van der Waals surface area contributed by atoms with E-state index in [1.807, 2.05) is 18.2 Å². The van der Waals surface area contributed by atoms with E-state index in [4.69, 9.17) is 9.47 Å². The summed E-state index contributed by atoms with van der Waals surface area (Å²) in [7, 11) is 3.17. The zero-order valence-corrected chi connectivity index (χ0v) is 16.9. The first-order chi connectivity index (χ1) is 14.1. The molecule has 7 nitrogen and oxygen atoms in total. The number of methoxy groups -OCH3 is 2. The maximum Gasteiger partial charge on any atom is 0.257 e. The van der Waals surface area contributed by atoms with E-state index in [1.165, 1.54) is 17.5 Å². The standard InChI is InChI=1S/C21H21N3O4S/c1-27-17-6-5-14(12-18(17)28-2)7-10-23-20(26)16-8-11-29-21(16)24-19(25)15-4-3-9-22-13-15/h3-6,8-9,11-13H,7,10H2,1-2H3,(H,23,26)(H,24,25). The molecule has 3 rings (SSSR count). The zero-order chi connectivity index (χ0) is 20.6. The van der Waals surface area contributed by atoms with Crippen LogP contribution in [0.1, 0.15) is 26.3 Å². The lowest BCUT2D eigenvalue weighted by Gasteiger charge is -2.10. The summed E-state index contributed by atoms with van der Waals surface area (Å²) in [6, 6.07) is 10.7. The van der Waals surface area contributed by atoms with Crippen LogP contribution in [0.15, 0.2) is 54.2 Å². The summed E-state index contributed by atoms with van der Waals surface area (Å²) in [4.78, 5) is 28.8. The van der Waals surface area contributed by atoms with Gasteiger partial charge in [0.15, 0.2) is 11.5 Å². The zero-order valence-electron chi connectivity index (χ0n) is 16.1. The summed E-state index contributed by atoms with van der Waals surface area (Å²) in [6.07, 6.45) is 3.71. The van der Waals surface area contributed by atoms with E-state index < -0.39 is 0 Å². The SMILES string of the molecule is COc1ccc(CCNC(=O)c2ccsc2NC(=O)c2cccnc2)cc1OC. The molecule has 0 aliphatic heterocycles. The van der Waals surface area contributed by atoms with Crippen LogP contribution in [0.5, 0.6) is 11.5 Å². The van der Waals surface area contributed by atoms with E-state index in [0.717, 1.165) is 5.56 Å². The van der Waals surface area contributed by atoms with Crippen molar-refractivity contribution in [2.75, 3.05) is 26.1 Å². The second-order valence-corrected chi connectivity index (χ2v) is 6.97. The van der Waals surface area contributed by atoms with Crippen molar-refractivity contribution in [1.82, 2.24) is 10.3 Å². The van der Waals surface area contributed by atoms with E-state index >= 15 is 0 Å². The second kappa shape index (κ2) is 9.70. The smallest absolute Gasteiger partial charge is 0.257 e. The van der Waals surface area contributed by atoms with Gasteiger partial charge in [-0.05, 0) is 47.7 Å². The van der Waals surface area contributed by atoms with Crippen molar-refractivity contribution in [1.29, 1.82) is 0 Å². The molecule has 2 amide bonds. The summed E-state index contributed by atoms with van der Waals surface area (Å²) in [5, 5.41) is 7.93. The number of carbonyl (C=O) groups excluding carboxylic acids is 2. The Hall–Kier alpha value is -3.39. The van der Waals surface area contributed by atoms with Crippen LogP contribution in [0.25, 0.3) is 0 Å². The molecule has 2 heterocycles. The van der Waals surface area contributed by atoms with Gasteiger partial charge in [0.1, 0.15) is 5.00 Å². The third-order valence-corrected chi connectivity index (χ3v) is 5.04. The van der Waals surface area contributed by atoms with Crippen LogP contribution in [-0.2, 0) is 6.42 Å². The van der Waals surface area contributed by atoms with Gasteiger partial charge in [-0.3, -0.25) is 14.6 Å². The number of carbonyl (C=O) groups is 2. The van der Waals surface area contributed by atoms with Gasteiger partial charge in [-0.25, -0.2) is 0 Å². The summed E-state index contributed by atoms with van der Waals surface area (Å²) in [5.74, 6) is 0.760. The van der Waals surface area contributed by atoms with Gasteiger partial charge >= 0.3 is 0 Å². The van der Waals surface area contributed by atoms with Gasteiger partial charge in [-0.1, -0.05) is 6.07 Å². The number of hydrogen-bond acceptors (Lipinski definition) is 6. The maximum absolute atomic E-state index is 12.5. The van der Waals surface area contributed by atoms with Gasteiger partial charge in [0, 0.05) is 18.9 Å². The summed E-state index contributed by atoms with van der Waals surface area (Å²) >= 11 is 1.30. The van der Waals surface area contributed by atoms with E-state index in [0.29, 0.717) is 40.6 Å². The Labute approximate surface area is 172 Å². The largest absolute Gasteiger partial charge is 0.493 e. The molecule has 0 saturated heterocycles. The first-order valence-corrected chi connectivity index (χ1v) is 9.78. The Morgan fingerprint density at radius 2 is 1.90 bits per heavy atom. The number of pyridine rings is 1. The molecular weight excluding hydrogens is 390 g/mol. The number of thiophene rings is 1. The van der Waals surface area contributed by atoms with Crippen molar-refractivity contribution in [2.45, 2.75) is 6.42 Å². The fraction of sp³-hybridized carbons (Fsp3) is 0.190. The number of aromatic nitrogens is 1. The fourth-order valence-electron chi connectivity index (χ4n) is 2.71. The monoisotopic (exact) mass is 411 g/mol. The molecule has 0 aliphatic carbocycles. The minimum Gasteiger partial charge on any atom is -0.493 e. The molecule has 2 aromatic heterocycles. The van der Waals surface area contributed by atoms with Crippen LogP contribution in [-0.4, -0.2) is 37.6 Å². The predicted molar refractivity (Wildman–Crippen MR) is 112 cm³/mol. The van der Waals surface area contributed by atoms with Gasteiger partial charge < -0.3 is 20.1 Å². The second-order valence-electron chi connectivity index (χ2n) is 6.05. The van der Waals surface area contributed by atoms with Crippen molar-refractivity contribution < 1.29 is 19.1 Å². The highest BCUT2D eigenvalue weighted by atomic mass is 32.1. The number of nitrogens with zero attached hydrogens (tertiary/aromatic N) is 1. The van der Waals surface area contributed by atoms with Crippen molar-refractivity contribution in [2.24, 2.45) is 0 Å². The summed E-state index contributed by atoms with van der Waals surface area (Å²) in [5.41, 5.74) is 1.87. The van der Waals surface area contributed by atoms with Gasteiger partial charge in [-0.15, -0.1) is 11.3 Å². The molecule has 0 radical (unpaired) electrons. The average molecular weight is 411 g/mol. The molecule has 0 saturated carbocycles. The molecule has 150 valence electrons. The lowest BCUT2D eigenvalue weighted by atomic mass is 10.1. The van der Waals surface area contributed by atoms with Crippen molar-refractivity contribution >= 4 is 28.2 Å². The molecule has 1 aromatic carbocycles. The Morgan fingerprint density at radius 1 is 1.07 bits per heavy atom. The molecule has 0 fully saturated rings. The summed E-state index contributed by atoms with van der Waals surface area (Å²) in [6.45, 7) is 0.445. The van der Waals surface area contributed by atoms with Crippen molar-refractivity contribution in [3.63, 3.8) is 0 Å². The Morgan fingerprint density at radius 3 is 2.62 bits per heavy atom. The molecule has 8 heteroatoms. The lowest BCUT2D eigenvalue weighted by molar-refractivity contribution is 0.0955. The number of hydrogen-bond donors (Lipinski definition) is 2. The minimum absolute atomic E-state index is 0.242. The van der Waals surface area contributed by atoms with E-state index in [1.54, 1.807) is 44.0 Å². The van der Waals surface area contributed by atoms with Crippen LogP contribution in [0, 0.1) is 0 Å². The van der Waals surface area contributed by atoms with E-state index in [9.17, 15) is 9.59 Å². The van der Waals surface area contributed by atoms with E-state index in [2.05, 4.69) is 15.6 Å². The number of nitrogens with one attached hydrogen (secondary N) is 2. The molecule has 0 spiro atoms. The lowest BCUT2D eigenvalue weighted by Crippen LogP contribution is -2.26. The van der Waals surface area contributed by atoms with Crippen LogP contribution < -0.4 is 20.1 Å². The minimum atomic E-state index is -0.306. The van der Waals surface area contributed by atoms with Gasteiger partial charge in [0.25, 0.3) is 11.8 Å². The fourth-order valence-corrected chi connectivity index (χ4v) is 3.49. The molecular formula is C21H21N3O4S. The number of anilines is 1. The average Bonchev–Trinajstić information content (AvgIpc) is 3.22. The van der Waals surface area contributed by atoms with Gasteiger partial charge in [0.05, 0.1) is 25.3 Å². The number of rotatable bonds is 8. The van der Waals surface area contributed by atoms with Crippen LogP contribution in [0.2, 0.25) is 0 Å². The molecule has 0 unspecified atom stereocenters. The normalized spacial score (nSPS) is 10.3. The Kier molecular flexibility index (Phi) is 6.80. The van der Waals surface area contributed by atoms with Crippen LogP contribution in [0.3, 0.4) is 0 Å². The van der Waals surface area contributed by atoms with Crippen molar-refractivity contribution in [3.8, 4) is 11.5 Å². The Balaban J connectivity index is 1.58. The first-order valence-electron chi connectivity index (χ1n) is 8.90. The number of amides is 2. The Bertz CT molecular complexity index is 989. The highest BCUT2D eigenvalue weighted by molar-refractivity contribution is 7.14. The maximum atomic E-state index is 12.5. The molecule has 0 atom stereocenters. The quantitative estimate of drug-likeness (QED) is 0.593. The third kappa shape index (κ3) is 5.11. The molecule has 0 aliphatic rings. The number of ether oxygens (including phenoxy) is 2. The number of benzene rings is 1. The highest BCUT2D eigenvalue weighted by Crippen LogP contribution is 2.27. The highest BCUT2D eigenvalue weighted by Gasteiger charge is 2.16. The van der Waals surface area contributed by atoms with Gasteiger partial charge in [-0.2, -0.15) is 0 Å². The van der Waals surface area contributed by atoms with Crippen molar-refractivity contribution in [3.05, 3.63) is 70.9 Å². The predicted octanol–water partition coefficient (Wildman–Crippen LogP) is 3.39. The topological polar surface area (TPSA) is 89.6 Å².